The van der Waals surface area contributed by atoms with E-state index in [1.165, 1.54) is 0 Å². The van der Waals surface area contributed by atoms with Gasteiger partial charge in [-0.3, -0.25) is 10.1 Å². The Hall–Kier alpha value is -2.32. The third-order valence-electron chi connectivity index (χ3n) is 3.62. The van der Waals surface area contributed by atoms with E-state index in [4.69, 9.17) is 16.7 Å². The third kappa shape index (κ3) is 4.40. The van der Waals surface area contributed by atoms with Gasteiger partial charge in [-0.1, -0.05) is 30.7 Å². The van der Waals surface area contributed by atoms with Gasteiger partial charge in [0.25, 0.3) is 5.69 Å². The van der Waals surface area contributed by atoms with Crippen LogP contribution in [0.4, 0.5) is 30.2 Å². The van der Waals surface area contributed by atoms with E-state index in [0.717, 1.165) is 11.6 Å². The topological polar surface area (TPSA) is 75.4 Å². The molecule has 0 bridgehead atoms. The van der Waals surface area contributed by atoms with Gasteiger partial charge in [0.1, 0.15) is 5.69 Å². The van der Waals surface area contributed by atoms with Crippen LogP contribution in [0.15, 0.2) is 36.4 Å². The highest BCUT2D eigenvalue weighted by molar-refractivity contribution is 6.31. The summed E-state index contributed by atoms with van der Waals surface area (Å²) in [7, 11) is 0. The Kier molecular flexibility index (Phi) is 5.54. The number of nitro benzene ring substituents is 1. The van der Waals surface area contributed by atoms with E-state index in [0.29, 0.717) is 11.8 Å². The molecule has 0 radical (unpaired) electrons. The Balaban J connectivity index is 2.39. The SMILES string of the molecule is CC(CO)c1ccc(Nc2cc(Cl)c(C(F)(F)F)cc2[N+](=O)[O-])cc1. The van der Waals surface area contributed by atoms with Gasteiger partial charge >= 0.3 is 6.18 Å². The molecule has 2 N–H and O–H groups in total. The minimum atomic E-state index is -4.79. The lowest BCUT2D eigenvalue weighted by atomic mass is 10.0. The molecular formula is C16H14ClF3N2O3. The standard InChI is InChI=1S/C16H14ClF3N2O3/c1-9(8-23)10-2-4-11(5-3-10)21-14-7-13(17)12(16(18,19)20)6-15(14)22(24)25/h2-7,9,21,23H,8H2,1H3. The maximum Gasteiger partial charge on any atom is 0.418 e. The van der Waals surface area contributed by atoms with Crippen LogP contribution in [-0.4, -0.2) is 16.6 Å². The van der Waals surface area contributed by atoms with Gasteiger partial charge in [-0.15, -0.1) is 0 Å². The first kappa shape index (κ1) is 19.0. The Morgan fingerprint density at radius 1 is 1.28 bits per heavy atom. The molecule has 0 spiro atoms. The number of anilines is 2. The highest BCUT2D eigenvalue weighted by Crippen LogP contribution is 2.41. The summed E-state index contributed by atoms with van der Waals surface area (Å²) in [6.45, 7) is 1.79. The van der Waals surface area contributed by atoms with Crippen molar-refractivity contribution in [2.75, 3.05) is 11.9 Å². The summed E-state index contributed by atoms with van der Waals surface area (Å²) in [6.07, 6.45) is -4.79. The van der Waals surface area contributed by atoms with Crippen LogP contribution >= 0.6 is 11.6 Å². The van der Waals surface area contributed by atoms with E-state index < -0.39 is 27.4 Å². The number of halogens is 4. The van der Waals surface area contributed by atoms with Crippen LogP contribution in [0.1, 0.15) is 24.0 Å². The largest absolute Gasteiger partial charge is 0.418 e. The predicted octanol–water partition coefficient (Wildman–Crippen LogP) is 5.11. The third-order valence-corrected chi connectivity index (χ3v) is 3.93. The molecule has 0 saturated heterocycles. The van der Waals surface area contributed by atoms with Gasteiger partial charge in [0.2, 0.25) is 0 Å². The molecule has 1 unspecified atom stereocenters. The molecule has 0 fully saturated rings. The van der Waals surface area contributed by atoms with Crippen LogP contribution in [0, 0.1) is 10.1 Å². The number of hydrogen-bond donors (Lipinski definition) is 2. The molecule has 0 aliphatic heterocycles. The van der Waals surface area contributed by atoms with Crippen LogP contribution in [0.25, 0.3) is 0 Å². The van der Waals surface area contributed by atoms with Gasteiger partial charge in [-0.2, -0.15) is 13.2 Å². The summed E-state index contributed by atoms with van der Waals surface area (Å²) >= 11 is 5.63. The van der Waals surface area contributed by atoms with Crippen molar-refractivity contribution in [3.05, 3.63) is 62.7 Å². The fourth-order valence-corrected chi connectivity index (χ4v) is 2.46. The van der Waals surface area contributed by atoms with Gasteiger partial charge in [-0.25, -0.2) is 0 Å². The second-order valence-electron chi connectivity index (χ2n) is 5.43. The molecule has 1 atom stereocenters. The molecule has 0 aliphatic rings. The molecule has 0 saturated carbocycles. The molecule has 0 aliphatic carbocycles. The number of benzene rings is 2. The fourth-order valence-electron chi connectivity index (χ4n) is 2.19. The van der Waals surface area contributed by atoms with Crippen LogP contribution in [0.2, 0.25) is 5.02 Å². The van der Waals surface area contributed by atoms with E-state index >= 15 is 0 Å². The predicted molar refractivity (Wildman–Crippen MR) is 88.3 cm³/mol. The van der Waals surface area contributed by atoms with Gasteiger partial charge < -0.3 is 10.4 Å². The zero-order chi connectivity index (χ0) is 18.8. The molecule has 2 aromatic rings. The van der Waals surface area contributed by atoms with Crippen LogP contribution in [0.3, 0.4) is 0 Å². The number of hydrogen-bond acceptors (Lipinski definition) is 4. The lowest BCUT2D eigenvalue weighted by molar-refractivity contribution is -0.384. The molecule has 2 aromatic carbocycles. The Morgan fingerprint density at radius 2 is 1.88 bits per heavy atom. The van der Waals surface area contributed by atoms with Crippen LogP contribution in [-0.2, 0) is 6.18 Å². The molecule has 0 heterocycles. The van der Waals surface area contributed by atoms with E-state index in [1.807, 2.05) is 6.92 Å². The summed E-state index contributed by atoms with van der Waals surface area (Å²) in [5, 5.41) is 22.3. The summed E-state index contributed by atoms with van der Waals surface area (Å²) in [4.78, 5) is 10.2. The number of aliphatic hydroxyl groups is 1. The minimum Gasteiger partial charge on any atom is -0.396 e. The van der Waals surface area contributed by atoms with Gasteiger partial charge in [0, 0.05) is 24.3 Å². The molecule has 5 nitrogen and oxygen atoms in total. The lowest BCUT2D eigenvalue weighted by Gasteiger charge is -2.13. The fraction of sp³-hybridized carbons (Fsp3) is 0.250. The van der Waals surface area contributed by atoms with Crippen molar-refractivity contribution < 1.29 is 23.2 Å². The zero-order valence-corrected chi connectivity index (χ0v) is 13.7. The maximum atomic E-state index is 12.9. The Labute approximate surface area is 146 Å². The van der Waals surface area contributed by atoms with Gasteiger partial charge in [0.05, 0.1) is 15.5 Å². The van der Waals surface area contributed by atoms with E-state index in [9.17, 15) is 23.3 Å². The summed E-state index contributed by atoms with van der Waals surface area (Å²) in [5.41, 5.74) is -0.852. The quantitative estimate of drug-likeness (QED) is 0.563. The number of nitrogens with zero attached hydrogens (tertiary/aromatic N) is 1. The summed E-state index contributed by atoms with van der Waals surface area (Å²) in [6, 6.07) is 7.93. The molecule has 2 rings (SSSR count). The summed E-state index contributed by atoms with van der Waals surface area (Å²) in [5.74, 6) is -0.0797. The normalized spacial score (nSPS) is 12.7. The Bertz CT molecular complexity index is 779. The molecule has 9 heteroatoms. The average molecular weight is 375 g/mol. The first-order valence-corrected chi connectivity index (χ1v) is 7.54. The second-order valence-corrected chi connectivity index (χ2v) is 5.84. The van der Waals surface area contributed by atoms with Crippen molar-refractivity contribution in [3.63, 3.8) is 0 Å². The molecular weight excluding hydrogens is 361 g/mol. The molecule has 0 amide bonds. The van der Waals surface area contributed by atoms with Crippen LogP contribution in [0.5, 0.6) is 0 Å². The molecule has 25 heavy (non-hydrogen) atoms. The van der Waals surface area contributed by atoms with E-state index in [2.05, 4.69) is 5.32 Å². The number of nitro groups is 1. The smallest absolute Gasteiger partial charge is 0.396 e. The van der Waals surface area contributed by atoms with Crippen molar-refractivity contribution in [2.45, 2.75) is 19.0 Å². The lowest BCUT2D eigenvalue weighted by Crippen LogP contribution is -2.08. The molecule has 0 aromatic heterocycles. The van der Waals surface area contributed by atoms with Crippen molar-refractivity contribution in [1.29, 1.82) is 0 Å². The monoisotopic (exact) mass is 374 g/mol. The zero-order valence-electron chi connectivity index (χ0n) is 13.0. The first-order valence-electron chi connectivity index (χ1n) is 7.16. The minimum absolute atomic E-state index is 0.0350. The van der Waals surface area contributed by atoms with E-state index in [1.54, 1.807) is 24.3 Å². The van der Waals surface area contributed by atoms with Crippen molar-refractivity contribution in [3.8, 4) is 0 Å². The first-order chi connectivity index (χ1) is 11.6. The van der Waals surface area contributed by atoms with Gasteiger partial charge in [0.15, 0.2) is 0 Å². The van der Waals surface area contributed by atoms with Crippen LogP contribution < -0.4 is 5.32 Å². The Morgan fingerprint density at radius 3 is 2.36 bits per heavy atom. The highest BCUT2D eigenvalue weighted by atomic mass is 35.5. The number of alkyl halides is 3. The molecule has 134 valence electrons. The highest BCUT2D eigenvalue weighted by Gasteiger charge is 2.36. The van der Waals surface area contributed by atoms with Crippen molar-refractivity contribution in [1.82, 2.24) is 0 Å². The number of nitrogens with one attached hydrogen (secondary N) is 1. The number of rotatable bonds is 5. The van der Waals surface area contributed by atoms with Crippen molar-refractivity contribution >= 4 is 28.7 Å². The van der Waals surface area contributed by atoms with E-state index in [-0.39, 0.29) is 18.2 Å². The van der Waals surface area contributed by atoms with Gasteiger partial charge in [-0.05, 0) is 23.8 Å². The average Bonchev–Trinajstić information content (AvgIpc) is 2.53. The van der Waals surface area contributed by atoms with Crippen molar-refractivity contribution in [2.24, 2.45) is 0 Å². The number of aliphatic hydroxyl groups excluding tert-OH is 1. The summed E-state index contributed by atoms with van der Waals surface area (Å²) < 4.78 is 38.6. The maximum absolute atomic E-state index is 12.9. The second kappa shape index (κ2) is 7.28.